The van der Waals surface area contributed by atoms with Crippen LogP contribution < -0.4 is 5.32 Å². The van der Waals surface area contributed by atoms with E-state index in [0.717, 1.165) is 30.9 Å². The van der Waals surface area contributed by atoms with Gasteiger partial charge in [0, 0.05) is 33.2 Å². The molecule has 2 atom stereocenters. The minimum absolute atomic E-state index is 0.100. The normalized spacial score (nSPS) is 20.9. The van der Waals surface area contributed by atoms with E-state index in [4.69, 9.17) is 4.74 Å². The number of hydrogen-bond acceptors (Lipinski definition) is 4. The molecule has 6 heteroatoms. The largest absolute Gasteiger partial charge is 0.373 e. The van der Waals surface area contributed by atoms with Crippen molar-refractivity contribution in [1.29, 1.82) is 0 Å². The number of hydrogen-bond donors (Lipinski definition) is 1. The number of rotatable bonds is 5. The lowest BCUT2D eigenvalue weighted by atomic mass is 10.1. The summed E-state index contributed by atoms with van der Waals surface area (Å²) in [6, 6.07) is 10.1. The first-order chi connectivity index (χ1) is 12.4. The van der Waals surface area contributed by atoms with Crippen LogP contribution in [0.1, 0.15) is 41.2 Å². The summed E-state index contributed by atoms with van der Waals surface area (Å²) in [5, 5.41) is 7.26. The lowest BCUT2D eigenvalue weighted by Gasteiger charge is -2.35. The molecule has 1 aliphatic heterocycles. The van der Waals surface area contributed by atoms with Gasteiger partial charge in [-0.05, 0) is 38.0 Å². The van der Waals surface area contributed by atoms with Crippen LogP contribution in [0.3, 0.4) is 0 Å². The maximum absolute atomic E-state index is 12.4. The van der Waals surface area contributed by atoms with Gasteiger partial charge < -0.3 is 10.1 Å². The van der Waals surface area contributed by atoms with Crippen LogP contribution in [0.15, 0.2) is 30.3 Å². The lowest BCUT2D eigenvalue weighted by molar-refractivity contribution is -0.0705. The Morgan fingerprint density at radius 1 is 1.23 bits per heavy atom. The highest BCUT2D eigenvalue weighted by Crippen LogP contribution is 2.17. The minimum atomic E-state index is -0.100. The number of amides is 1. The van der Waals surface area contributed by atoms with Crippen LogP contribution >= 0.6 is 0 Å². The first-order valence-corrected chi connectivity index (χ1v) is 9.16. The van der Waals surface area contributed by atoms with Crippen LogP contribution in [-0.4, -0.2) is 45.9 Å². The van der Waals surface area contributed by atoms with Crippen molar-refractivity contribution in [2.24, 2.45) is 7.05 Å². The summed E-state index contributed by atoms with van der Waals surface area (Å²) in [6.45, 7) is 9.36. The van der Waals surface area contributed by atoms with E-state index in [1.54, 1.807) is 17.8 Å². The second-order valence-corrected chi connectivity index (χ2v) is 7.20. The molecule has 0 spiro atoms. The van der Waals surface area contributed by atoms with Crippen molar-refractivity contribution in [1.82, 2.24) is 20.0 Å². The third kappa shape index (κ3) is 4.51. The van der Waals surface area contributed by atoms with Gasteiger partial charge in [0.2, 0.25) is 0 Å². The summed E-state index contributed by atoms with van der Waals surface area (Å²) in [6.07, 6.45) is 0.498. The third-order valence-electron chi connectivity index (χ3n) is 4.68. The quantitative estimate of drug-likeness (QED) is 0.893. The molecule has 0 radical (unpaired) electrons. The molecule has 0 aliphatic carbocycles. The maximum atomic E-state index is 12.4. The van der Waals surface area contributed by atoms with Crippen molar-refractivity contribution in [3.63, 3.8) is 0 Å². The van der Waals surface area contributed by atoms with Crippen LogP contribution in [0.25, 0.3) is 0 Å². The van der Waals surface area contributed by atoms with Gasteiger partial charge in [0.25, 0.3) is 5.91 Å². The number of nitrogens with one attached hydrogen (secondary N) is 1. The topological polar surface area (TPSA) is 59.4 Å². The van der Waals surface area contributed by atoms with Crippen molar-refractivity contribution in [2.45, 2.75) is 46.1 Å². The van der Waals surface area contributed by atoms with E-state index in [2.05, 4.69) is 47.4 Å². The van der Waals surface area contributed by atoms with Crippen LogP contribution in [0.2, 0.25) is 0 Å². The smallest absolute Gasteiger partial charge is 0.269 e. The van der Waals surface area contributed by atoms with Gasteiger partial charge in [-0.25, -0.2) is 0 Å². The molecule has 2 aromatic rings. The molecule has 1 aromatic carbocycles. The number of carbonyl (C=O) groups excluding carboxylic acids is 1. The lowest BCUT2D eigenvalue weighted by Crippen LogP contribution is -2.45. The number of aromatic nitrogens is 2. The van der Waals surface area contributed by atoms with Crippen LogP contribution in [0.5, 0.6) is 0 Å². The van der Waals surface area contributed by atoms with Gasteiger partial charge in [-0.2, -0.15) is 5.10 Å². The SMILES string of the molecule is Cc1cc(C(=O)NCc2ccccc2CN2C[C@H](C)O[C@@H](C)C2)n(C)n1. The first-order valence-electron chi connectivity index (χ1n) is 9.16. The molecule has 1 aromatic heterocycles. The zero-order valence-corrected chi connectivity index (χ0v) is 16.0. The number of aryl methyl sites for hydroxylation is 2. The van der Waals surface area contributed by atoms with Crippen LogP contribution in [0, 0.1) is 6.92 Å². The van der Waals surface area contributed by atoms with Crippen LogP contribution in [0.4, 0.5) is 0 Å². The van der Waals surface area contributed by atoms with E-state index in [0.29, 0.717) is 12.2 Å². The second-order valence-electron chi connectivity index (χ2n) is 7.20. The number of carbonyl (C=O) groups is 1. The Bertz CT molecular complexity index is 761. The molecule has 3 rings (SSSR count). The Kier molecular flexibility index (Phi) is 5.74. The predicted molar refractivity (Wildman–Crippen MR) is 101 cm³/mol. The van der Waals surface area contributed by atoms with Gasteiger partial charge in [0.15, 0.2) is 0 Å². The molecule has 2 heterocycles. The summed E-state index contributed by atoms with van der Waals surface area (Å²) >= 11 is 0. The maximum Gasteiger partial charge on any atom is 0.269 e. The van der Waals surface area contributed by atoms with Gasteiger partial charge in [-0.15, -0.1) is 0 Å². The van der Waals surface area contributed by atoms with Crippen molar-refractivity contribution in [3.05, 3.63) is 52.8 Å². The Morgan fingerprint density at radius 3 is 2.50 bits per heavy atom. The molecule has 6 nitrogen and oxygen atoms in total. The Labute approximate surface area is 155 Å². The van der Waals surface area contributed by atoms with Crippen molar-refractivity contribution in [2.75, 3.05) is 13.1 Å². The standard InChI is InChI=1S/C20H28N4O2/c1-14-9-19(23(4)22-14)20(25)21-10-17-7-5-6-8-18(17)13-24-11-15(2)26-16(3)12-24/h5-9,15-16H,10-13H2,1-4H3,(H,21,25)/t15-,16-/m0/s1. The summed E-state index contributed by atoms with van der Waals surface area (Å²) in [5.74, 6) is -0.100. The van der Waals surface area contributed by atoms with Gasteiger partial charge in [0.1, 0.15) is 5.69 Å². The molecule has 26 heavy (non-hydrogen) atoms. The Balaban J connectivity index is 1.65. The van der Waals surface area contributed by atoms with Crippen molar-refractivity contribution in [3.8, 4) is 0 Å². The molecule has 1 N–H and O–H groups in total. The Morgan fingerprint density at radius 2 is 1.88 bits per heavy atom. The molecular weight excluding hydrogens is 328 g/mol. The number of benzene rings is 1. The highest BCUT2D eigenvalue weighted by Gasteiger charge is 2.22. The molecule has 1 saturated heterocycles. The monoisotopic (exact) mass is 356 g/mol. The molecule has 140 valence electrons. The van der Waals surface area contributed by atoms with Crippen molar-refractivity contribution >= 4 is 5.91 Å². The number of morpholine rings is 1. The fraction of sp³-hybridized carbons (Fsp3) is 0.500. The predicted octanol–water partition coefficient (Wildman–Crippen LogP) is 2.27. The van der Waals surface area contributed by atoms with Crippen molar-refractivity contribution < 1.29 is 9.53 Å². The summed E-state index contributed by atoms with van der Waals surface area (Å²) in [4.78, 5) is 14.9. The fourth-order valence-electron chi connectivity index (χ4n) is 3.63. The summed E-state index contributed by atoms with van der Waals surface area (Å²) < 4.78 is 7.44. The number of nitrogens with zero attached hydrogens (tertiary/aromatic N) is 3. The van der Waals surface area contributed by atoms with Gasteiger partial charge in [0.05, 0.1) is 17.9 Å². The Hall–Kier alpha value is -2.18. The fourth-order valence-corrected chi connectivity index (χ4v) is 3.63. The van der Waals surface area contributed by atoms with E-state index in [9.17, 15) is 4.79 Å². The number of ether oxygens (including phenoxy) is 1. The first kappa shape index (κ1) is 18.6. The summed E-state index contributed by atoms with van der Waals surface area (Å²) in [5.41, 5.74) is 3.81. The molecule has 1 amide bonds. The molecule has 0 unspecified atom stereocenters. The van der Waals surface area contributed by atoms with E-state index in [1.807, 2.05) is 13.0 Å². The zero-order chi connectivity index (χ0) is 18.7. The van der Waals surface area contributed by atoms with E-state index in [1.165, 1.54) is 5.56 Å². The average molecular weight is 356 g/mol. The van der Waals surface area contributed by atoms with Gasteiger partial charge in [-0.3, -0.25) is 14.4 Å². The third-order valence-corrected chi connectivity index (χ3v) is 4.68. The van der Waals surface area contributed by atoms with Crippen LogP contribution in [-0.2, 0) is 24.9 Å². The molecule has 0 bridgehead atoms. The van der Waals surface area contributed by atoms with E-state index >= 15 is 0 Å². The highest BCUT2D eigenvalue weighted by molar-refractivity contribution is 5.92. The van der Waals surface area contributed by atoms with Gasteiger partial charge >= 0.3 is 0 Å². The zero-order valence-electron chi connectivity index (χ0n) is 16.0. The van der Waals surface area contributed by atoms with Gasteiger partial charge in [-0.1, -0.05) is 24.3 Å². The molecule has 1 aliphatic rings. The minimum Gasteiger partial charge on any atom is -0.373 e. The van der Waals surface area contributed by atoms with E-state index in [-0.39, 0.29) is 18.1 Å². The molecule has 1 fully saturated rings. The summed E-state index contributed by atoms with van der Waals surface area (Å²) in [7, 11) is 1.79. The van der Waals surface area contributed by atoms with E-state index < -0.39 is 0 Å². The molecular formula is C20H28N4O2. The molecule has 0 saturated carbocycles. The highest BCUT2D eigenvalue weighted by atomic mass is 16.5. The second kappa shape index (κ2) is 8.01. The average Bonchev–Trinajstić information content (AvgIpc) is 2.91.